The van der Waals surface area contributed by atoms with Gasteiger partial charge in [0.05, 0.1) is 13.2 Å². The van der Waals surface area contributed by atoms with Gasteiger partial charge in [0.2, 0.25) is 5.91 Å². The Kier molecular flexibility index (Phi) is 42.4. The minimum absolute atomic E-state index is 0.0804. The van der Waals surface area contributed by atoms with Crippen LogP contribution in [0.2, 0.25) is 0 Å². The van der Waals surface area contributed by atoms with Gasteiger partial charge in [0, 0.05) is 19.4 Å². The second-order valence-corrected chi connectivity index (χ2v) is 17.2. The second-order valence-electron chi connectivity index (χ2n) is 15.7. The summed E-state index contributed by atoms with van der Waals surface area (Å²) in [5, 5.41) is 12.7. The van der Waals surface area contributed by atoms with Crippen molar-refractivity contribution in [3.63, 3.8) is 0 Å². The molecule has 0 rings (SSSR count). The monoisotopic (exact) mass is 826 g/mol. The summed E-state index contributed by atoms with van der Waals surface area (Å²) in [6, 6.07) is 0. The third-order valence-electron chi connectivity index (χ3n) is 10.0. The molecule has 1 amide bonds. The summed E-state index contributed by atoms with van der Waals surface area (Å²) in [5.74, 6) is -0.527. The molecule has 57 heavy (non-hydrogen) atoms. The summed E-state index contributed by atoms with van der Waals surface area (Å²) in [5.41, 5.74) is 0. The fraction of sp³-hybridized carbons (Fsp3) is 0.830. The predicted octanol–water partition coefficient (Wildman–Crippen LogP) is 13.3. The molecule has 0 radical (unpaired) electrons. The molecule has 3 N–H and O–H groups in total. The summed E-state index contributed by atoms with van der Waals surface area (Å²) in [6.45, 7) is 3.52. The molecule has 0 fully saturated rings. The van der Waals surface area contributed by atoms with Crippen LogP contribution in [0.5, 0.6) is 0 Å². The van der Waals surface area contributed by atoms with E-state index in [4.69, 9.17) is 13.8 Å². The number of allylic oxidation sites excluding steroid dienone is 6. The molecule has 0 aromatic heterocycles. The molecule has 0 aliphatic rings. The summed E-state index contributed by atoms with van der Waals surface area (Å²) in [4.78, 5) is 34.0. The Balaban J connectivity index is 3.57. The van der Waals surface area contributed by atoms with Crippen molar-refractivity contribution in [2.24, 2.45) is 0 Å². The molecular formula is C47H88NO8P. The maximum absolute atomic E-state index is 12.1. The van der Waals surface area contributed by atoms with Gasteiger partial charge >= 0.3 is 13.8 Å². The molecule has 0 heterocycles. The van der Waals surface area contributed by atoms with Gasteiger partial charge in [-0.25, -0.2) is 4.57 Å². The number of aliphatic hydroxyl groups excluding tert-OH is 1. The number of unbranched alkanes of at least 4 members (excludes halogenated alkanes) is 25. The number of carbonyl (C=O) groups excluding carboxylic acids is 2. The van der Waals surface area contributed by atoms with Gasteiger partial charge < -0.3 is 20.1 Å². The van der Waals surface area contributed by atoms with Gasteiger partial charge in [-0.2, -0.15) is 0 Å². The van der Waals surface area contributed by atoms with Gasteiger partial charge in [-0.1, -0.05) is 172 Å². The quantitative estimate of drug-likeness (QED) is 0.0239. The van der Waals surface area contributed by atoms with E-state index in [0.29, 0.717) is 6.42 Å². The van der Waals surface area contributed by atoms with Crippen LogP contribution < -0.4 is 5.32 Å². The Bertz CT molecular complexity index is 1030. The molecule has 0 aromatic rings. The van der Waals surface area contributed by atoms with Crippen molar-refractivity contribution in [1.82, 2.24) is 5.32 Å². The number of nitrogens with one attached hydrogen (secondary N) is 1. The van der Waals surface area contributed by atoms with Crippen molar-refractivity contribution in [3.8, 4) is 0 Å². The standard InChI is InChI=1S/C47H88NO8P/c1-3-5-7-9-11-13-15-17-19-20-21-22-23-24-26-27-29-31-33-35-37-39-46(50)48-41-42-55-57(52,53)56-44-45(49)43-54-47(51)40-38-36-34-32-30-28-25-18-16-14-12-10-8-6-4-2/h12,14,17-19,25,45,49H,3-11,13,15-16,20-24,26-44H2,1-2H3,(H,48,50)(H,52,53)/b14-12-,19-17+,25-18-. The lowest BCUT2D eigenvalue weighted by molar-refractivity contribution is -0.147. The number of phosphoric acid groups is 1. The molecule has 0 aliphatic heterocycles. The number of phosphoric ester groups is 1. The first kappa shape index (κ1) is 55.2. The third-order valence-corrected chi connectivity index (χ3v) is 11.0. The van der Waals surface area contributed by atoms with E-state index in [-0.39, 0.29) is 32.1 Å². The number of amides is 1. The smallest absolute Gasteiger partial charge is 0.463 e. The Morgan fingerprint density at radius 3 is 1.46 bits per heavy atom. The molecule has 9 nitrogen and oxygen atoms in total. The van der Waals surface area contributed by atoms with Crippen LogP contribution in [0.15, 0.2) is 36.5 Å². The first-order valence-corrected chi connectivity index (χ1v) is 25.0. The molecule has 10 heteroatoms. The first-order valence-electron chi connectivity index (χ1n) is 23.5. The molecule has 0 saturated heterocycles. The van der Waals surface area contributed by atoms with E-state index in [2.05, 4.69) is 55.6 Å². The number of aliphatic hydroxyl groups is 1. The topological polar surface area (TPSA) is 131 Å². The number of esters is 1. The molecule has 0 aromatic carbocycles. The van der Waals surface area contributed by atoms with E-state index in [0.717, 1.165) is 64.2 Å². The number of hydrogen-bond acceptors (Lipinski definition) is 7. The third kappa shape index (κ3) is 45.2. The van der Waals surface area contributed by atoms with Crippen molar-refractivity contribution >= 4 is 19.7 Å². The van der Waals surface area contributed by atoms with Crippen molar-refractivity contribution in [2.45, 2.75) is 225 Å². The van der Waals surface area contributed by atoms with Gasteiger partial charge in [0.15, 0.2) is 0 Å². The second kappa shape index (κ2) is 43.8. The van der Waals surface area contributed by atoms with E-state index < -0.39 is 26.5 Å². The van der Waals surface area contributed by atoms with Gasteiger partial charge in [0.25, 0.3) is 0 Å². The number of carbonyl (C=O) groups is 2. The minimum atomic E-state index is -4.42. The number of ether oxygens (including phenoxy) is 1. The van der Waals surface area contributed by atoms with Crippen LogP contribution in [0.1, 0.15) is 219 Å². The van der Waals surface area contributed by atoms with Gasteiger partial charge in [-0.05, 0) is 70.6 Å². The fourth-order valence-corrected chi connectivity index (χ4v) is 7.22. The molecule has 0 spiro atoms. The zero-order chi connectivity index (χ0) is 41.8. The molecule has 2 atom stereocenters. The van der Waals surface area contributed by atoms with Crippen LogP contribution in [0, 0.1) is 0 Å². The lowest BCUT2D eigenvalue weighted by atomic mass is 10.0. The first-order chi connectivity index (χ1) is 27.8. The van der Waals surface area contributed by atoms with Crippen LogP contribution in [0.4, 0.5) is 0 Å². The fourth-order valence-electron chi connectivity index (χ4n) is 6.46. The Labute approximate surface area is 350 Å². The van der Waals surface area contributed by atoms with Crippen LogP contribution in [-0.2, 0) is 27.9 Å². The minimum Gasteiger partial charge on any atom is -0.463 e. The van der Waals surface area contributed by atoms with E-state index in [1.807, 2.05) is 0 Å². The highest BCUT2D eigenvalue weighted by Gasteiger charge is 2.23. The van der Waals surface area contributed by atoms with E-state index in [1.165, 1.54) is 128 Å². The largest absolute Gasteiger partial charge is 0.472 e. The van der Waals surface area contributed by atoms with Crippen LogP contribution in [0.3, 0.4) is 0 Å². The molecule has 0 bridgehead atoms. The van der Waals surface area contributed by atoms with Crippen molar-refractivity contribution in [3.05, 3.63) is 36.5 Å². The summed E-state index contributed by atoms with van der Waals surface area (Å²) >= 11 is 0. The molecule has 0 saturated carbocycles. The lowest BCUT2D eigenvalue weighted by Crippen LogP contribution is -2.27. The molecule has 0 aliphatic carbocycles. The zero-order valence-electron chi connectivity index (χ0n) is 36.8. The Morgan fingerprint density at radius 1 is 0.544 bits per heavy atom. The maximum atomic E-state index is 12.1. The van der Waals surface area contributed by atoms with Crippen molar-refractivity contribution in [2.75, 3.05) is 26.4 Å². The summed E-state index contributed by atoms with van der Waals surface area (Å²) in [6.07, 6.45) is 49.3. The van der Waals surface area contributed by atoms with Crippen molar-refractivity contribution < 1.29 is 37.9 Å². The Morgan fingerprint density at radius 2 is 0.947 bits per heavy atom. The predicted molar refractivity (Wildman–Crippen MR) is 238 cm³/mol. The van der Waals surface area contributed by atoms with Crippen LogP contribution >= 0.6 is 7.82 Å². The van der Waals surface area contributed by atoms with Crippen LogP contribution in [-0.4, -0.2) is 54.3 Å². The highest BCUT2D eigenvalue weighted by molar-refractivity contribution is 7.47. The molecule has 334 valence electrons. The van der Waals surface area contributed by atoms with Crippen molar-refractivity contribution in [1.29, 1.82) is 0 Å². The Hall–Kier alpha value is -1.77. The van der Waals surface area contributed by atoms with Crippen LogP contribution in [0.25, 0.3) is 0 Å². The molecular weight excluding hydrogens is 737 g/mol. The average molecular weight is 826 g/mol. The normalized spacial score (nSPS) is 13.5. The van der Waals surface area contributed by atoms with E-state index in [9.17, 15) is 24.2 Å². The SMILES string of the molecule is CCCCC/C=C\C/C=C\CCCCCCCC(=O)OCC(O)COP(=O)(O)OCCNC(=O)CCCCCCCCCCCCC/C=C/CCCCCCCC. The lowest BCUT2D eigenvalue weighted by Gasteiger charge is -2.15. The maximum Gasteiger partial charge on any atom is 0.472 e. The zero-order valence-corrected chi connectivity index (χ0v) is 37.7. The van der Waals surface area contributed by atoms with E-state index in [1.54, 1.807) is 0 Å². The summed E-state index contributed by atoms with van der Waals surface area (Å²) < 4.78 is 26.9. The summed E-state index contributed by atoms with van der Waals surface area (Å²) in [7, 11) is -4.42. The highest BCUT2D eigenvalue weighted by Crippen LogP contribution is 2.42. The van der Waals surface area contributed by atoms with E-state index >= 15 is 0 Å². The number of hydrogen-bond donors (Lipinski definition) is 3. The van der Waals surface area contributed by atoms with Gasteiger partial charge in [-0.3, -0.25) is 18.6 Å². The average Bonchev–Trinajstić information content (AvgIpc) is 3.20. The highest BCUT2D eigenvalue weighted by atomic mass is 31.2. The number of rotatable bonds is 44. The van der Waals surface area contributed by atoms with Gasteiger partial charge in [-0.15, -0.1) is 0 Å². The van der Waals surface area contributed by atoms with Gasteiger partial charge in [0.1, 0.15) is 12.7 Å². The molecule has 2 unspecified atom stereocenters.